The molecule has 0 saturated heterocycles. The van der Waals surface area contributed by atoms with E-state index in [9.17, 15) is 14.0 Å². The van der Waals surface area contributed by atoms with Crippen LogP contribution in [0, 0.1) is 5.82 Å². The van der Waals surface area contributed by atoms with Crippen molar-refractivity contribution in [1.82, 2.24) is 15.2 Å². The summed E-state index contributed by atoms with van der Waals surface area (Å²) in [5.74, 6) is 0.238. The molecule has 1 aliphatic rings. The van der Waals surface area contributed by atoms with Crippen molar-refractivity contribution < 1.29 is 18.7 Å². The quantitative estimate of drug-likeness (QED) is 0.317. The molecule has 1 N–H and O–H groups in total. The van der Waals surface area contributed by atoms with Gasteiger partial charge >= 0.3 is 0 Å². The molecule has 1 aromatic heterocycles. The third kappa shape index (κ3) is 6.24. The number of ether oxygens (including phenoxy) is 1. The van der Waals surface area contributed by atoms with Gasteiger partial charge in [-0.3, -0.25) is 14.6 Å². The monoisotopic (exact) mass is 509 g/mol. The Morgan fingerprint density at radius 2 is 1.66 bits per heavy atom. The van der Waals surface area contributed by atoms with Gasteiger partial charge < -0.3 is 15.0 Å². The highest BCUT2D eigenvalue weighted by atomic mass is 19.1. The van der Waals surface area contributed by atoms with Gasteiger partial charge in [0, 0.05) is 37.5 Å². The molecule has 38 heavy (non-hydrogen) atoms. The Balaban J connectivity index is 1.27. The Morgan fingerprint density at radius 1 is 0.895 bits per heavy atom. The number of pyridine rings is 1. The lowest BCUT2D eigenvalue weighted by atomic mass is 10.0. The van der Waals surface area contributed by atoms with Crippen LogP contribution in [0.4, 0.5) is 4.39 Å². The maximum atomic E-state index is 13.6. The van der Waals surface area contributed by atoms with Gasteiger partial charge in [0.1, 0.15) is 11.6 Å². The van der Waals surface area contributed by atoms with E-state index in [1.165, 1.54) is 12.1 Å². The summed E-state index contributed by atoms with van der Waals surface area (Å²) in [6.07, 6.45) is 4.25. The van der Waals surface area contributed by atoms with Crippen molar-refractivity contribution in [1.29, 1.82) is 0 Å². The number of amides is 2. The minimum Gasteiger partial charge on any atom is -0.493 e. The summed E-state index contributed by atoms with van der Waals surface area (Å²) in [7, 11) is 0. The Hall–Kier alpha value is -4.52. The van der Waals surface area contributed by atoms with Gasteiger partial charge in [0.05, 0.1) is 19.1 Å². The first-order valence-corrected chi connectivity index (χ1v) is 12.6. The fraction of sp³-hybridized carbons (Fsp3) is 0.194. The van der Waals surface area contributed by atoms with Crippen LogP contribution in [-0.2, 0) is 24.3 Å². The molecule has 3 aromatic carbocycles. The topological polar surface area (TPSA) is 71.5 Å². The molecular weight excluding hydrogens is 481 g/mol. The first-order chi connectivity index (χ1) is 18.5. The predicted molar refractivity (Wildman–Crippen MR) is 142 cm³/mol. The fourth-order valence-corrected chi connectivity index (χ4v) is 4.62. The van der Waals surface area contributed by atoms with E-state index in [2.05, 4.69) is 10.3 Å². The lowest BCUT2D eigenvalue weighted by molar-refractivity contribution is -0.133. The van der Waals surface area contributed by atoms with Crippen LogP contribution in [0.1, 0.15) is 45.1 Å². The molecule has 192 valence electrons. The third-order valence-corrected chi connectivity index (χ3v) is 6.59. The molecule has 1 atom stereocenters. The zero-order chi connectivity index (χ0) is 26.3. The minimum absolute atomic E-state index is 0.0635. The van der Waals surface area contributed by atoms with E-state index in [0.717, 1.165) is 22.3 Å². The van der Waals surface area contributed by atoms with Crippen LogP contribution in [0.25, 0.3) is 0 Å². The molecule has 0 fully saturated rings. The van der Waals surface area contributed by atoms with E-state index >= 15 is 0 Å². The van der Waals surface area contributed by atoms with E-state index in [-0.39, 0.29) is 30.1 Å². The first kappa shape index (κ1) is 25.1. The van der Waals surface area contributed by atoms with Gasteiger partial charge in [0.2, 0.25) is 5.91 Å². The van der Waals surface area contributed by atoms with Crippen molar-refractivity contribution in [2.75, 3.05) is 6.61 Å². The van der Waals surface area contributed by atoms with Crippen LogP contribution >= 0.6 is 0 Å². The van der Waals surface area contributed by atoms with Gasteiger partial charge in [-0.15, -0.1) is 0 Å². The maximum absolute atomic E-state index is 13.6. The van der Waals surface area contributed by atoms with Crippen LogP contribution < -0.4 is 10.1 Å². The number of benzene rings is 3. The average molecular weight is 510 g/mol. The molecule has 0 aliphatic carbocycles. The summed E-state index contributed by atoms with van der Waals surface area (Å²) in [6, 6.07) is 24.9. The fourth-order valence-electron chi connectivity index (χ4n) is 4.62. The van der Waals surface area contributed by atoms with Crippen molar-refractivity contribution >= 4 is 11.8 Å². The molecule has 0 spiro atoms. The van der Waals surface area contributed by atoms with E-state index in [4.69, 9.17) is 4.74 Å². The minimum atomic E-state index is -0.354. The van der Waals surface area contributed by atoms with Crippen LogP contribution in [0.3, 0.4) is 0 Å². The number of carbonyl (C=O) groups excluding carboxylic acids is 2. The second-order valence-electron chi connectivity index (χ2n) is 9.30. The van der Waals surface area contributed by atoms with Crippen molar-refractivity contribution in [2.24, 2.45) is 0 Å². The average Bonchev–Trinajstić information content (AvgIpc) is 3.25. The number of rotatable bonds is 10. The largest absolute Gasteiger partial charge is 0.493 e. The number of nitrogens with zero attached hydrogens (tertiary/aromatic N) is 2. The van der Waals surface area contributed by atoms with Gasteiger partial charge in [-0.25, -0.2) is 4.39 Å². The number of carbonyl (C=O) groups is 2. The number of aromatic nitrogens is 1. The van der Waals surface area contributed by atoms with Gasteiger partial charge in [-0.2, -0.15) is 0 Å². The summed E-state index contributed by atoms with van der Waals surface area (Å²) < 4.78 is 19.1. The lowest BCUT2D eigenvalue weighted by Crippen LogP contribution is -2.33. The van der Waals surface area contributed by atoms with E-state index in [1.54, 1.807) is 35.5 Å². The predicted octanol–water partition coefficient (Wildman–Crippen LogP) is 5.25. The highest BCUT2D eigenvalue weighted by molar-refractivity contribution is 5.99. The summed E-state index contributed by atoms with van der Waals surface area (Å²) in [5, 5.41) is 2.94. The van der Waals surface area contributed by atoms with Crippen LogP contribution in [-0.4, -0.2) is 28.3 Å². The van der Waals surface area contributed by atoms with Crippen LogP contribution in [0.5, 0.6) is 5.75 Å². The van der Waals surface area contributed by atoms with Crippen LogP contribution in [0.15, 0.2) is 97.3 Å². The summed E-state index contributed by atoms with van der Waals surface area (Å²) in [5.41, 5.74) is 4.37. The number of nitrogens with one attached hydrogen (secondary N) is 1. The Morgan fingerprint density at radius 3 is 2.47 bits per heavy atom. The van der Waals surface area contributed by atoms with E-state index in [1.807, 2.05) is 54.6 Å². The van der Waals surface area contributed by atoms with E-state index < -0.39 is 0 Å². The summed E-state index contributed by atoms with van der Waals surface area (Å²) in [6.45, 7) is 1.26. The normalized spacial score (nSPS) is 14.0. The molecule has 1 aliphatic heterocycles. The standard InChI is InChI=1S/C31H28FN3O3/c32-25-10-8-22(9-11-25)14-17-38-26-5-3-4-24(18-26)21-35(20-23-12-15-33-16-13-23)30(36)19-29-27-6-1-2-7-28(27)31(37)34-29/h1-13,15-16,18,29H,14,17,19-21H2,(H,34,37)/t29-/m1/s1. The summed E-state index contributed by atoms with van der Waals surface area (Å²) in [4.78, 5) is 31.8. The molecule has 6 nitrogen and oxygen atoms in total. The maximum Gasteiger partial charge on any atom is 0.252 e. The highest BCUT2D eigenvalue weighted by Gasteiger charge is 2.31. The molecule has 7 heteroatoms. The molecule has 0 bridgehead atoms. The van der Waals surface area contributed by atoms with Gasteiger partial charge in [0.25, 0.3) is 5.91 Å². The number of halogens is 1. The molecule has 5 rings (SSSR count). The zero-order valence-corrected chi connectivity index (χ0v) is 20.8. The second kappa shape index (κ2) is 11.7. The zero-order valence-electron chi connectivity index (χ0n) is 20.8. The second-order valence-corrected chi connectivity index (χ2v) is 9.30. The Bertz CT molecular complexity index is 1410. The van der Waals surface area contributed by atoms with Crippen molar-refractivity contribution in [3.05, 3.63) is 131 Å². The smallest absolute Gasteiger partial charge is 0.252 e. The third-order valence-electron chi connectivity index (χ3n) is 6.59. The van der Waals surface area contributed by atoms with Gasteiger partial charge in [0.15, 0.2) is 0 Å². The number of hydrogen-bond donors (Lipinski definition) is 1. The van der Waals surface area contributed by atoms with Crippen LogP contribution in [0.2, 0.25) is 0 Å². The van der Waals surface area contributed by atoms with Gasteiger partial charge in [-0.05, 0) is 64.7 Å². The molecule has 2 heterocycles. The van der Waals surface area contributed by atoms with Gasteiger partial charge in [-0.1, -0.05) is 42.5 Å². The van der Waals surface area contributed by atoms with E-state index in [0.29, 0.717) is 37.4 Å². The van der Waals surface area contributed by atoms with Crippen molar-refractivity contribution in [3.8, 4) is 5.75 Å². The Labute approximate surface area is 221 Å². The SMILES string of the molecule is O=C1N[C@H](CC(=O)N(Cc2ccncc2)Cc2cccc(OCCc3ccc(F)cc3)c2)c2ccccc21. The highest BCUT2D eigenvalue weighted by Crippen LogP contribution is 2.29. The molecule has 4 aromatic rings. The molecule has 2 amide bonds. The number of hydrogen-bond acceptors (Lipinski definition) is 4. The molecule has 0 saturated carbocycles. The van der Waals surface area contributed by atoms with Crippen molar-refractivity contribution in [3.63, 3.8) is 0 Å². The first-order valence-electron chi connectivity index (χ1n) is 12.6. The molecular formula is C31H28FN3O3. The van der Waals surface area contributed by atoms with Crippen molar-refractivity contribution in [2.45, 2.75) is 32.0 Å². The molecule has 0 radical (unpaired) electrons. The Kier molecular flexibility index (Phi) is 7.73. The lowest BCUT2D eigenvalue weighted by Gasteiger charge is -2.25. The number of fused-ring (bicyclic) bond motifs is 1. The summed E-state index contributed by atoms with van der Waals surface area (Å²) >= 11 is 0. The molecule has 0 unspecified atom stereocenters.